The Labute approximate surface area is 137 Å². The fourth-order valence-corrected chi connectivity index (χ4v) is 2.73. The molecule has 0 fully saturated rings. The maximum absolute atomic E-state index is 12.2. The van der Waals surface area contributed by atoms with E-state index in [2.05, 4.69) is 4.76 Å². The standard InChI is InChI=1S/C15H16NO7P/c17-11-4-1-9(2-5-11)3-6-12(18)15-13(19)7-10(8-14(15)20)16-24(21,22)23/h1-2,4-5,7,17,19-20H,3,6,8H2,(H2,21,22,23). The van der Waals surface area contributed by atoms with Crippen LogP contribution in [0.4, 0.5) is 0 Å². The van der Waals surface area contributed by atoms with Gasteiger partial charge in [-0.15, -0.1) is 0 Å². The highest BCUT2D eigenvalue weighted by atomic mass is 31.2. The van der Waals surface area contributed by atoms with Crippen LogP contribution >= 0.6 is 7.75 Å². The highest BCUT2D eigenvalue weighted by Crippen LogP contribution is 2.38. The fourth-order valence-electron chi connectivity index (χ4n) is 2.27. The Balaban J connectivity index is 2.11. The van der Waals surface area contributed by atoms with Crippen LogP contribution in [0.5, 0.6) is 5.75 Å². The monoisotopic (exact) mass is 353 g/mol. The molecule has 0 unspecified atom stereocenters. The first-order chi connectivity index (χ1) is 11.2. The van der Waals surface area contributed by atoms with Gasteiger partial charge in [0.25, 0.3) is 0 Å². The van der Waals surface area contributed by atoms with Gasteiger partial charge in [0.15, 0.2) is 5.78 Å². The Bertz CT molecular complexity index is 787. The molecule has 0 heterocycles. The number of hydrogen-bond donors (Lipinski definition) is 5. The Kier molecular flexibility index (Phi) is 5.23. The molecular weight excluding hydrogens is 337 g/mol. The molecular formula is C15H16NO7P. The van der Waals surface area contributed by atoms with Gasteiger partial charge in [-0.2, -0.15) is 4.76 Å². The normalized spacial score (nSPS) is 17.1. The Hall–Kier alpha value is -2.41. The summed E-state index contributed by atoms with van der Waals surface area (Å²) in [5, 5.41) is 29.0. The van der Waals surface area contributed by atoms with Crippen LogP contribution in [0.25, 0.3) is 0 Å². The van der Waals surface area contributed by atoms with Crippen molar-refractivity contribution in [3.63, 3.8) is 0 Å². The molecule has 0 aromatic heterocycles. The van der Waals surface area contributed by atoms with Crippen LogP contribution in [0.3, 0.4) is 0 Å². The average Bonchev–Trinajstić information content (AvgIpc) is 2.44. The molecule has 1 aromatic carbocycles. The van der Waals surface area contributed by atoms with Crippen molar-refractivity contribution in [3.05, 3.63) is 53.0 Å². The van der Waals surface area contributed by atoms with Crippen LogP contribution < -0.4 is 0 Å². The number of carbonyl (C=O) groups excluding carboxylic acids is 1. The van der Waals surface area contributed by atoms with E-state index in [9.17, 15) is 24.7 Å². The molecule has 0 saturated carbocycles. The van der Waals surface area contributed by atoms with Gasteiger partial charge >= 0.3 is 7.75 Å². The molecule has 0 atom stereocenters. The number of aromatic hydroxyl groups is 1. The van der Waals surface area contributed by atoms with E-state index in [1.807, 2.05) is 0 Å². The van der Waals surface area contributed by atoms with Gasteiger partial charge in [-0.1, -0.05) is 12.1 Å². The second kappa shape index (κ2) is 7.00. The topological polar surface area (TPSA) is 148 Å². The first-order valence-electron chi connectivity index (χ1n) is 6.94. The van der Waals surface area contributed by atoms with Crippen molar-refractivity contribution in [2.24, 2.45) is 4.76 Å². The van der Waals surface area contributed by atoms with Gasteiger partial charge in [0.1, 0.15) is 17.3 Å². The maximum Gasteiger partial charge on any atom is 0.448 e. The predicted octanol–water partition coefficient (Wildman–Crippen LogP) is 2.09. The number of hydrogen-bond acceptors (Lipinski definition) is 5. The van der Waals surface area contributed by atoms with Gasteiger partial charge in [-0.25, -0.2) is 4.57 Å². The summed E-state index contributed by atoms with van der Waals surface area (Å²) >= 11 is 0. The quantitative estimate of drug-likeness (QED) is 0.509. The van der Waals surface area contributed by atoms with Crippen molar-refractivity contribution >= 4 is 19.2 Å². The third-order valence-electron chi connectivity index (χ3n) is 3.31. The minimum Gasteiger partial charge on any atom is -0.511 e. The van der Waals surface area contributed by atoms with E-state index in [-0.39, 0.29) is 29.9 Å². The molecule has 1 aliphatic rings. The number of nitrogens with zero attached hydrogens (tertiary/aromatic N) is 1. The zero-order chi connectivity index (χ0) is 17.9. The predicted molar refractivity (Wildman–Crippen MR) is 85.9 cm³/mol. The van der Waals surface area contributed by atoms with Crippen molar-refractivity contribution in [3.8, 4) is 5.75 Å². The molecule has 1 aromatic rings. The molecule has 9 heteroatoms. The number of Topliss-reactive ketones (excluding diaryl/α,β-unsaturated/α-hetero) is 1. The van der Waals surface area contributed by atoms with Crippen LogP contribution in [0.1, 0.15) is 18.4 Å². The van der Waals surface area contributed by atoms with Gasteiger partial charge in [-0.05, 0) is 24.1 Å². The molecule has 0 aliphatic heterocycles. The summed E-state index contributed by atoms with van der Waals surface area (Å²) in [4.78, 5) is 29.7. The number of rotatable bonds is 5. The van der Waals surface area contributed by atoms with E-state index < -0.39 is 25.0 Å². The second-order valence-electron chi connectivity index (χ2n) is 5.22. The van der Waals surface area contributed by atoms with Crippen molar-refractivity contribution in [1.29, 1.82) is 0 Å². The van der Waals surface area contributed by atoms with Crippen LogP contribution in [-0.2, 0) is 15.8 Å². The number of phenols is 1. The third-order valence-corrected chi connectivity index (χ3v) is 3.83. The molecule has 0 radical (unpaired) electrons. The molecule has 0 amide bonds. The summed E-state index contributed by atoms with van der Waals surface area (Å²) in [5.41, 5.74) is 0.302. The highest BCUT2D eigenvalue weighted by Gasteiger charge is 2.26. The number of benzene rings is 1. The van der Waals surface area contributed by atoms with Crippen molar-refractivity contribution in [2.45, 2.75) is 19.3 Å². The van der Waals surface area contributed by atoms with Crippen LogP contribution in [0, 0.1) is 0 Å². The number of allylic oxidation sites excluding steroid dienone is 3. The summed E-state index contributed by atoms with van der Waals surface area (Å²) < 4.78 is 13.9. The zero-order valence-corrected chi connectivity index (χ0v) is 13.3. The van der Waals surface area contributed by atoms with Gasteiger partial charge in [0, 0.05) is 18.9 Å². The number of carbonyl (C=O) groups is 1. The summed E-state index contributed by atoms with van der Waals surface area (Å²) in [6, 6.07) is 6.27. The molecule has 0 spiro atoms. The zero-order valence-electron chi connectivity index (χ0n) is 12.5. The van der Waals surface area contributed by atoms with Crippen LogP contribution in [0.2, 0.25) is 0 Å². The number of aliphatic hydroxyl groups is 2. The lowest BCUT2D eigenvalue weighted by Gasteiger charge is -2.15. The Morgan fingerprint density at radius 3 is 2.29 bits per heavy atom. The minimum absolute atomic E-state index is 0.00698. The van der Waals surface area contributed by atoms with Gasteiger partial charge < -0.3 is 25.1 Å². The van der Waals surface area contributed by atoms with E-state index in [1.54, 1.807) is 12.1 Å². The van der Waals surface area contributed by atoms with Crippen LogP contribution in [-0.4, -0.2) is 36.6 Å². The van der Waals surface area contributed by atoms with Gasteiger partial charge in [-0.3, -0.25) is 4.79 Å². The lowest BCUT2D eigenvalue weighted by Crippen LogP contribution is -2.16. The summed E-state index contributed by atoms with van der Waals surface area (Å²) in [6.07, 6.45) is 0.946. The SMILES string of the molecule is O=C(CCc1ccc(O)cc1)C1=C(O)CC(=NP(=O)(O)O)C=C1O. The molecule has 1 aliphatic carbocycles. The first kappa shape index (κ1) is 17.9. The molecule has 128 valence electrons. The first-order valence-corrected chi connectivity index (χ1v) is 8.51. The lowest BCUT2D eigenvalue weighted by molar-refractivity contribution is -0.115. The van der Waals surface area contributed by atoms with Crippen molar-refractivity contribution in [1.82, 2.24) is 0 Å². The van der Waals surface area contributed by atoms with E-state index in [0.717, 1.165) is 11.6 Å². The average molecular weight is 353 g/mol. The van der Waals surface area contributed by atoms with Crippen molar-refractivity contribution < 1.29 is 34.5 Å². The maximum atomic E-state index is 12.2. The highest BCUT2D eigenvalue weighted by molar-refractivity contribution is 7.50. The van der Waals surface area contributed by atoms with Crippen LogP contribution in [0.15, 0.2) is 52.2 Å². The number of ketones is 1. The smallest absolute Gasteiger partial charge is 0.448 e. The second-order valence-corrected chi connectivity index (χ2v) is 6.45. The minimum atomic E-state index is -4.69. The molecule has 8 nitrogen and oxygen atoms in total. The van der Waals surface area contributed by atoms with Gasteiger partial charge in [0.05, 0.1) is 11.3 Å². The summed E-state index contributed by atoms with van der Waals surface area (Å²) in [7, 11) is -4.69. The summed E-state index contributed by atoms with van der Waals surface area (Å²) in [5.74, 6) is -1.47. The van der Waals surface area contributed by atoms with Gasteiger partial charge in [0.2, 0.25) is 0 Å². The fraction of sp³-hybridized carbons (Fsp3) is 0.200. The summed E-state index contributed by atoms with van der Waals surface area (Å²) in [6.45, 7) is 0. The molecule has 2 rings (SSSR count). The Morgan fingerprint density at radius 1 is 1.12 bits per heavy atom. The van der Waals surface area contributed by atoms with E-state index in [0.29, 0.717) is 6.42 Å². The number of aliphatic hydroxyl groups excluding tert-OH is 2. The molecule has 0 bridgehead atoms. The molecule has 0 saturated heterocycles. The van der Waals surface area contributed by atoms with E-state index in [1.165, 1.54) is 12.1 Å². The molecule has 5 N–H and O–H groups in total. The number of phenolic OH excluding ortho intramolecular Hbond substituents is 1. The van der Waals surface area contributed by atoms with E-state index in [4.69, 9.17) is 9.79 Å². The lowest BCUT2D eigenvalue weighted by atomic mass is 9.95. The Morgan fingerprint density at radius 2 is 1.75 bits per heavy atom. The molecule has 24 heavy (non-hydrogen) atoms. The van der Waals surface area contributed by atoms with Crippen molar-refractivity contribution in [2.75, 3.05) is 0 Å². The number of aryl methyl sites for hydroxylation is 1. The third kappa shape index (κ3) is 4.79. The van der Waals surface area contributed by atoms with E-state index >= 15 is 0 Å². The largest absolute Gasteiger partial charge is 0.511 e.